The van der Waals surface area contributed by atoms with Gasteiger partial charge in [-0.05, 0) is 32.0 Å². The summed E-state index contributed by atoms with van der Waals surface area (Å²) in [4.78, 5) is 13.8. The van der Waals surface area contributed by atoms with Crippen molar-refractivity contribution in [3.8, 4) is 5.75 Å². The summed E-state index contributed by atoms with van der Waals surface area (Å²) < 4.78 is 6.22. The lowest BCUT2D eigenvalue weighted by Crippen LogP contribution is -2.31. The number of carbonyl (C=O) groups excluding carboxylic acids is 1. The number of nitrogens with zero attached hydrogens (tertiary/aromatic N) is 1. The molecule has 1 aromatic rings. The molecule has 0 fully saturated rings. The zero-order chi connectivity index (χ0) is 12.8. The van der Waals surface area contributed by atoms with E-state index in [1.807, 2.05) is 36.9 Å². The van der Waals surface area contributed by atoms with E-state index in [0.717, 1.165) is 28.9 Å². The molecule has 0 aliphatic heterocycles. The van der Waals surface area contributed by atoms with E-state index in [9.17, 15) is 4.79 Å². The van der Waals surface area contributed by atoms with Gasteiger partial charge in [-0.2, -0.15) is 0 Å². The van der Waals surface area contributed by atoms with Crippen LogP contribution < -0.4 is 4.74 Å². The van der Waals surface area contributed by atoms with Crippen LogP contribution >= 0.6 is 15.9 Å². The van der Waals surface area contributed by atoms with Crippen LogP contribution in [0, 0.1) is 0 Å². The normalized spacial score (nSPS) is 10.1. The molecular formula is C13H18BrNO2. The molecule has 1 amide bonds. The van der Waals surface area contributed by atoms with Gasteiger partial charge in [0.15, 0.2) is 0 Å². The van der Waals surface area contributed by atoms with Crippen LogP contribution in [-0.2, 0) is 11.2 Å². The zero-order valence-electron chi connectivity index (χ0n) is 10.5. The first-order valence-electron chi connectivity index (χ1n) is 5.72. The Morgan fingerprint density at radius 1 is 1.35 bits per heavy atom. The van der Waals surface area contributed by atoms with Gasteiger partial charge in [-0.25, -0.2) is 0 Å². The minimum atomic E-state index is 0.131. The van der Waals surface area contributed by atoms with E-state index >= 15 is 0 Å². The maximum absolute atomic E-state index is 12.0. The first-order chi connectivity index (χ1) is 8.12. The van der Waals surface area contributed by atoms with E-state index in [0.29, 0.717) is 6.42 Å². The van der Waals surface area contributed by atoms with Gasteiger partial charge in [0.2, 0.25) is 5.91 Å². The number of amides is 1. The monoisotopic (exact) mass is 299 g/mol. The van der Waals surface area contributed by atoms with E-state index in [1.165, 1.54) is 0 Å². The topological polar surface area (TPSA) is 29.5 Å². The number of hydrogen-bond acceptors (Lipinski definition) is 2. The summed E-state index contributed by atoms with van der Waals surface area (Å²) in [5.41, 5.74) is 0.916. The van der Waals surface area contributed by atoms with Crippen LogP contribution in [0.1, 0.15) is 19.4 Å². The van der Waals surface area contributed by atoms with Gasteiger partial charge >= 0.3 is 0 Å². The summed E-state index contributed by atoms with van der Waals surface area (Å²) in [6, 6.07) is 5.71. The number of benzene rings is 1. The third-order valence-corrected chi connectivity index (χ3v) is 3.19. The number of methoxy groups -OCH3 is 1. The fourth-order valence-corrected chi connectivity index (χ4v) is 2.14. The quantitative estimate of drug-likeness (QED) is 0.837. The molecule has 0 unspecified atom stereocenters. The number of halogens is 1. The highest BCUT2D eigenvalue weighted by atomic mass is 79.9. The Morgan fingerprint density at radius 3 is 2.53 bits per heavy atom. The Kier molecular flexibility index (Phi) is 5.48. The van der Waals surface area contributed by atoms with Crippen molar-refractivity contribution in [3.05, 3.63) is 28.2 Å². The van der Waals surface area contributed by atoms with Crippen LogP contribution in [0.3, 0.4) is 0 Å². The Morgan fingerprint density at radius 2 is 2.00 bits per heavy atom. The molecule has 3 nitrogen and oxygen atoms in total. The molecule has 4 heteroatoms. The highest BCUT2D eigenvalue weighted by Gasteiger charge is 2.13. The summed E-state index contributed by atoms with van der Waals surface area (Å²) in [5.74, 6) is 0.889. The van der Waals surface area contributed by atoms with Crippen molar-refractivity contribution < 1.29 is 9.53 Å². The summed E-state index contributed by atoms with van der Waals surface area (Å²) >= 11 is 3.41. The predicted molar refractivity (Wildman–Crippen MR) is 72.3 cm³/mol. The molecule has 0 radical (unpaired) electrons. The molecule has 0 spiro atoms. The van der Waals surface area contributed by atoms with Crippen molar-refractivity contribution in [2.45, 2.75) is 20.3 Å². The van der Waals surface area contributed by atoms with Gasteiger partial charge in [0, 0.05) is 23.1 Å². The molecule has 1 aromatic carbocycles. The fourth-order valence-electron chi connectivity index (χ4n) is 1.74. The predicted octanol–water partition coefficient (Wildman–Crippen LogP) is 2.87. The van der Waals surface area contributed by atoms with Gasteiger partial charge in [0.05, 0.1) is 13.5 Å². The second kappa shape index (κ2) is 6.64. The number of ether oxygens (including phenoxy) is 1. The maximum Gasteiger partial charge on any atom is 0.227 e. The van der Waals surface area contributed by atoms with Gasteiger partial charge in [-0.1, -0.05) is 15.9 Å². The van der Waals surface area contributed by atoms with E-state index in [2.05, 4.69) is 15.9 Å². The highest BCUT2D eigenvalue weighted by Crippen LogP contribution is 2.23. The molecule has 0 saturated heterocycles. The molecule has 0 bridgehead atoms. The molecule has 0 aromatic heterocycles. The van der Waals surface area contributed by atoms with Crippen molar-refractivity contribution in [2.75, 3.05) is 20.2 Å². The zero-order valence-corrected chi connectivity index (χ0v) is 12.1. The Hall–Kier alpha value is -1.03. The van der Waals surface area contributed by atoms with Gasteiger partial charge < -0.3 is 9.64 Å². The molecule has 0 atom stereocenters. The van der Waals surface area contributed by atoms with E-state index < -0.39 is 0 Å². The highest BCUT2D eigenvalue weighted by molar-refractivity contribution is 9.10. The van der Waals surface area contributed by atoms with Crippen LogP contribution in [0.4, 0.5) is 0 Å². The van der Waals surface area contributed by atoms with E-state index in [1.54, 1.807) is 7.11 Å². The molecule has 94 valence electrons. The standard InChI is InChI=1S/C13H18BrNO2/c1-4-15(5-2)13(16)9-10-8-11(14)6-7-12(10)17-3/h6-8H,4-5,9H2,1-3H3. The molecule has 1 rings (SSSR count). The van der Waals surface area contributed by atoms with Gasteiger partial charge in [-0.3, -0.25) is 4.79 Å². The van der Waals surface area contributed by atoms with Crippen LogP contribution in [0.5, 0.6) is 5.75 Å². The van der Waals surface area contributed by atoms with E-state index in [4.69, 9.17) is 4.74 Å². The minimum Gasteiger partial charge on any atom is -0.496 e. The average molecular weight is 300 g/mol. The Bertz CT molecular complexity index is 389. The lowest BCUT2D eigenvalue weighted by atomic mass is 10.1. The van der Waals surface area contributed by atoms with Crippen molar-refractivity contribution in [1.82, 2.24) is 4.90 Å². The SMILES string of the molecule is CCN(CC)C(=O)Cc1cc(Br)ccc1OC. The summed E-state index contributed by atoms with van der Waals surface area (Å²) in [6.45, 7) is 5.45. The molecule has 0 saturated carbocycles. The van der Waals surface area contributed by atoms with Crippen LogP contribution in [-0.4, -0.2) is 31.0 Å². The van der Waals surface area contributed by atoms with Gasteiger partial charge in [0.25, 0.3) is 0 Å². The molecule has 0 aliphatic carbocycles. The maximum atomic E-state index is 12.0. The molecule has 0 heterocycles. The van der Waals surface area contributed by atoms with Crippen molar-refractivity contribution in [2.24, 2.45) is 0 Å². The Labute approximate surface area is 111 Å². The Balaban J connectivity index is 2.86. The molecule has 17 heavy (non-hydrogen) atoms. The molecular weight excluding hydrogens is 282 g/mol. The van der Waals surface area contributed by atoms with Crippen molar-refractivity contribution >= 4 is 21.8 Å². The fraction of sp³-hybridized carbons (Fsp3) is 0.462. The van der Waals surface area contributed by atoms with E-state index in [-0.39, 0.29) is 5.91 Å². The lowest BCUT2D eigenvalue weighted by Gasteiger charge is -2.19. The smallest absolute Gasteiger partial charge is 0.227 e. The third-order valence-electron chi connectivity index (χ3n) is 2.70. The second-order valence-corrected chi connectivity index (χ2v) is 4.61. The number of carbonyl (C=O) groups is 1. The summed E-state index contributed by atoms with van der Waals surface area (Å²) in [6.07, 6.45) is 0.379. The minimum absolute atomic E-state index is 0.131. The van der Waals surface area contributed by atoms with Crippen LogP contribution in [0.2, 0.25) is 0 Å². The van der Waals surface area contributed by atoms with Gasteiger partial charge in [0.1, 0.15) is 5.75 Å². The van der Waals surface area contributed by atoms with Gasteiger partial charge in [-0.15, -0.1) is 0 Å². The number of rotatable bonds is 5. The second-order valence-electron chi connectivity index (χ2n) is 3.70. The average Bonchev–Trinajstić information content (AvgIpc) is 2.31. The molecule has 0 N–H and O–H groups in total. The van der Waals surface area contributed by atoms with Crippen LogP contribution in [0.15, 0.2) is 22.7 Å². The lowest BCUT2D eigenvalue weighted by molar-refractivity contribution is -0.130. The third kappa shape index (κ3) is 3.73. The summed E-state index contributed by atoms with van der Waals surface area (Å²) in [5, 5.41) is 0. The largest absolute Gasteiger partial charge is 0.496 e. The molecule has 0 aliphatic rings. The van der Waals surface area contributed by atoms with Crippen molar-refractivity contribution in [3.63, 3.8) is 0 Å². The number of likely N-dealkylation sites (N-methyl/N-ethyl adjacent to an activating group) is 1. The van der Waals surface area contributed by atoms with Crippen molar-refractivity contribution in [1.29, 1.82) is 0 Å². The summed E-state index contributed by atoms with van der Waals surface area (Å²) in [7, 11) is 1.62. The number of hydrogen-bond donors (Lipinski definition) is 0. The first-order valence-corrected chi connectivity index (χ1v) is 6.51. The first kappa shape index (κ1) is 14.0. The van der Waals surface area contributed by atoms with Crippen LogP contribution in [0.25, 0.3) is 0 Å².